The van der Waals surface area contributed by atoms with Gasteiger partial charge in [0, 0.05) is 35.9 Å². The SMILES string of the molecule is COc1cc(Nc2ccnc(C(=O)NCc3ccccn3)c2)cc(OC)c1OC. The highest BCUT2D eigenvalue weighted by Gasteiger charge is 2.14. The summed E-state index contributed by atoms with van der Waals surface area (Å²) in [5, 5.41) is 6.04. The van der Waals surface area contributed by atoms with E-state index in [-0.39, 0.29) is 5.91 Å². The van der Waals surface area contributed by atoms with Crippen LogP contribution in [0.2, 0.25) is 0 Å². The van der Waals surface area contributed by atoms with Crippen molar-refractivity contribution < 1.29 is 19.0 Å². The molecule has 0 saturated heterocycles. The zero-order valence-electron chi connectivity index (χ0n) is 16.4. The van der Waals surface area contributed by atoms with E-state index in [1.54, 1.807) is 58.0 Å². The lowest BCUT2D eigenvalue weighted by molar-refractivity contribution is 0.0945. The van der Waals surface area contributed by atoms with Crippen molar-refractivity contribution in [3.63, 3.8) is 0 Å². The Labute approximate surface area is 168 Å². The van der Waals surface area contributed by atoms with E-state index in [4.69, 9.17) is 14.2 Å². The van der Waals surface area contributed by atoms with Gasteiger partial charge in [-0.3, -0.25) is 14.8 Å². The number of hydrogen-bond acceptors (Lipinski definition) is 7. The minimum Gasteiger partial charge on any atom is -0.493 e. The smallest absolute Gasteiger partial charge is 0.270 e. The zero-order valence-corrected chi connectivity index (χ0v) is 16.4. The Kier molecular flexibility index (Phi) is 6.47. The van der Waals surface area contributed by atoms with Crippen LogP contribution in [0, 0.1) is 0 Å². The molecule has 0 spiro atoms. The van der Waals surface area contributed by atoms with E-state index >= 15 is 0 Å². The maximum Gasteiger partial charge on any atom is 0.270 e. The molecule has 0 fully saturated rings. The Hall–Kier alpha value is -3.81. The fourth-order valence-corrected chi connectivity index (χ4v) is 2.72. The average molecular weight is 394 g/mol. The molecule has 29 heavy (non-hydrogen) atoms. The molecule has 3 rings (SSSR count). The van der Waals surface area contributed by atoms with Gasteiger partial charge < -0.3 is 24.8 Å². The van der Waals surface area contributed by atoms with Crippen LogP contribution >= 0.6 is 0 Å². The number of rotatable bonds is 8. The quantitative estimate of drug-likeness (QED) is 0.606. The van der Waals surface area contributed by atoms with Crippen LogP contribution in [0.5, 0.6) is 17.2 Å². The summed E-state index contributed by atoms with van der Waals surface area (Å²) in [4.78, 5) is 20.8. The molecule has 1 aromatic carbocycles. The highest BCUT2D eigenvalue weighted by Crippen LogP contribution is 2.40. The molecule has 0 aliphatic carbocycles. The number of amides is 1. The number of carbonyl (C=O) groups excluding carboxylic acids is 1. The number of anilines is 2. The minimum absolute atomic E-state index is 0.288. The van der Waals surface area contributed by atoms with E-state index in [0.717, 1.165) is 5.69 Å². The fraction of sp³-hybridized carbons (Fsp3) is 0.190. The Balaban J connectivity index is 1.75. The largest absolute Gasteiger partial charge is 0.493 e. The van der Waals surface area contributed by atoms with E-state index in [9.17, 15) is 4.79 Å². The standard InChI is InChI=1S/C21H22N4O4/c1-27-18-11-16(12-19(28-2)20(18)29-3)25-14-7-9-23-17(10-14)21(26)24-13-15-6-4-5-8-22-15/h4-12H,13H2,1-3H3,(H,23,25)(H,24,26). The van der Waals surface area contributed by atoms with Crippen LogP contribution in [0.3, 0.4) is 0 Å². The third kappa shape index (κ3) is 4.92. The van der Waals surface area contributed by atoms with Gasteiger partial charge in [-0.1, -0.05) is 6.07 Å². The molecule has 2 N–H and O–H groups in total. The third-order valence-corrected chi connectivity index (χ3v) is 4.10. The van der Waals surface area contributed by atoms with Crippen molar-refractivity contribution >= 4 is 17.3 Å². The maximum atomic E-state index is 12.4. The first-order valence-electron chi connectivity index (χ1n) is 8.85. The number of ether oxygens (including phenoxy) is 3. The summed E-state index contributed by atoms with van der Waals surface area (Å²) in [5.74, 6) is 1.27. The second-order valence-electron chi connectivity index (χ2n) is 5.97. The summed E-state index contributed by atoms with van der Waals surface area (Å²) in [7, 11) is 4.65. The molecule has 3 aromatic rings. The van der Waals surface area contributed by atoms with Gasteiger partial charge >= 0.3 is 0 Å². The molecular formula is C21H22N4O4. The number of pyridine rings is 2. The predicted octanol–water partition coefficient (Wildman–Crippen LogP) is 3.18. The van der Waals surface area contributed by atoms with E-state index < -0.39 is 0 Å². The van der Waals surface area contributed by atoms with Crippen LogP contribution in [0.25, 0.3) is 0 Å². The lowest BCUT2D eigenvalue weighted by Gasteiger charge is -2.15. The van der Waals surface area contributed by atoms with Gasteiger partial charge in [-0.15, -0.1) is 0 Å². The summed E-state index contributed by atoms with van der Waals surface area (Å²) in [6, 6.07) is 12.5. The third-order valence-electron chi connectivity index (χ3n) is 4.10. The van der Waals surface area contributed by atoms with E-state index in [1.165, 1.54) is 0 Å². The van der Waals surface area contributed by atoms with Crippen LogP contribution in [0.1, 0.15) is 16.2 Å². The maximum absolute atomic E-state index is 12.4. The van der Waals surface area contributed by atoms with Gasteiger partial charge in [-0.05, 0) is 24.3 Å². The van der Waals surface area contributed by atoms with Gasteiger partial charge in [0.1, 0.15) is 5.69 Å². The molecule has 2 aromatic heterocycles. The summed E-state index contributed by atoms with van der Waals surface area (Å²) in [6.07, 6.45) is 3.25. The Bertz CT molecular complexity index is 954. The molecule has 8 nitrogen and oxygen atoms in total. The first-order valence-corrected chi connectivity index (χ1v) is 8.85. The van der Waals surface area contributed by atoms with Gasteiger partial charge in [0.2, 0.25) is 5.75 Å². The van der Waals surface area contributed by atoms with Crippen molar-refractivity contribution in [1.82, 2.24) is 15.3 Å². The fourth-order valence-electron chi connectivity index (χ4n) is 2.72. The molecule has 8 heteroatoms. The van der Waals surface area contributed by atoms with Crippen molar-refractivity contribution in [3.8, 4) is 17.2 Å². The van der Waals surface area contributed by atoms with Crippen molar-refractivity contribution in [1.29, 1.82) is 0 Å². The highest BCUT2D eigenvalue weighted by molar-refractivity contribution is 5.93. The summed E-state index contributed by atoms with van der Waals surface area (Å²) in [5.41, 5.74) is 2.47. The Morgan fingerprint density at radius 3 is 2.28 bits per heavy atom. The molecular weight excluding hydrogens is 372 g/mol. The van der Waals surface area contributed by atoms with Crippen LogP contribution in [0.15, 0.2) is 54.9 Å². The molecule has 0 radical (unpaired) electrons. The summed E-state index contributed by atoms with van der Waals surface area (Å²) in [6.45, 7) is 0.325. The van der Waals surface area contributed by atoms with E-state index in [1.807, 2.05) is 18.2 Å². The van der Waals surface area contributed by atoms with Crippen LogP contribution in [-0.4, -0.2) is 37.2 Å². The lowest BCUT2D eigenvalue weighted by Crippen LogP contribution is -2.24. The number of hydrogen-bond donors (Lipinski definition) is 2. The Morgan fingerprint density at radius 2 is 1.66 bits per heavy atom. The number of nitrogens with one attached hydrogen (secondary N) is 2. The monoisotopic (exact) mass is 394 g/mol. The van der Waals surface area contributed by atoms with Crippen molar-refractivity contribution in [3.05, 3.63) is 66.2 Å². The molecule has 0 bridgehead atoms. The van der Waals surface area contributed by atoms with Crippen molar-refractivity contribution in [2.75, 3.05) is 26.6 Å². The summed E-state index contributed by atoms with van der Waals surface area (Å²) < 4.78 is 16.1. The topological polar surface area (TPSA) is 94.6 Å². The van der Waals surface area contributed by atoms with Crippen LogP contribution < -0.4 is 24.8 Å². The van der Waals surface area contributed by atoms with Gasteiger partial charge in [0.15, 0.2) is 11.5 Å². The van der Waals surface area contributed by atoms with Gasteiger partial charge in [0.25, 0.3) is 5.91 Å². The number of methoxy groups -OCH3 is 3. The van der Waals surface area contributed by atoms with Crippen molar-refractivity contribution in [2.45, 2.75) is 6.54 Å². The van der Waals surface area contributed by atoms with Crippen LogP contribution in [-0.2, 0) is 6.54 Å². The highest BCUT2D eigenvalue weighted by atomic mass is 16.5. The van der Waals surface area contributed by atoms with Gasteiger partial charge in [-0.2, -0.15) is 0 Å². The predicted molar refractivity (Wildman–Crippen MR) is 109 cm³/mol. The van der Waals surface area contributed by atoms with Gasteiger partial charge in [-0.25, -0.2) is 0 Å². The molecule has 0 saturated carbocycles. The molecule has 0 atom stereocenters. The van der Waals surface area contributed by atoms with E-state index in [0.29, 0.717) is 40.9 Å². The second-order valence-corrected chi connectivity index (χ2v) is 5.97. The van der Waals surface area contributed by atoms with E-state index in [2.05, 4.69) is 20.6 Å². The number of aromatic nitrogens is 2. The number of carbonyl (C=O) groups is 1. The molecule has 0 unspecified atom stereocenters. The number of benzene rings is 1. The zero-order chi connectivity index (χ0) is 20.6. The van der Waals surface area contributed by atoms with Crippen molar-refractivity contribution in [2.24, 2.45) is 0 Å². The first kappa shape index (κ1) is 19.9. The molecule has 1 amide bonds. The first-order chi connectivity index (χ1) is 14.1. The molecule has 0 aliphatic heterocycles. The molecule has 2 heterocycles. The normalized spacial score (nSPS) is 10.2. The Morgan fingerprint density at radius 1 is 0.897 bits per heavy atom. The minimum atomic E-state index is -0.288. The van der Waals surface area contributed by atoms with Gasteiger partial charge in [0.05, 0.1) is 33.6 Å². The molecule has 0 aliphatic rings. The molecule has 150 valence electrons. The number of nitrogens with zero attached hydrogens (tertiary/aromatic N) is 2. The second kappa shape index (κ2) is 9.41. The summed E-state index contributed by atoms with van der Waals surface area (Å²) >= 11 is 0. The lowest BCUT2D eigenvalue weighted by atomic mass is 10.2. The average Bonchev–Trinajstić information content (AvgIpc) is 2.77. The van der Waals surface area contributed by atoms with Crippen LogP contribution in [0.4, 0.5) is 11.4 Å².